The average molecular weight is 252 g/mol. The average Bonchev–Trinajstić information content (AvgIpc) is 3.11. The van der Waals surface area contributed by atoms with Crippen molar-refractivity contribution in [1.82, 2.24) is 9.88 Å². The molecule has 18 heavy (non-hydrogen) atoms. The monoisotopic (exact) mass is 252 g/mol. The van der Waals surface area contributed by atoms with Gasteiger partial charge in [-0.3, -0.25) is 4.79 Å². The molecule has 100 valence electrons. The minimum Gasteiger partial charge on any atom is -0.394 e. The summed E-state index contributed by atoms with van der Waals surface area (Å²) in [7, 11) is 0. The standard InChI is InChI=1S/C13H20N2O3/c16-8-10-18-9-2-6-14-13(17)12-3-1-7-15(12)11-4-5-11/h1,3,7,11,16H,2,4-6,8-10H2,(H,14,17). The summed E-state index contributed by atoms with van der Waals surface area (Å²) < 4.78 is 7.17. The van der Waals surface area contributed by atoms with Crippen LogP contribution >= 0.6 is 0 Å². The van der Waals surface area contributed by atoms with E-state index >= 15 is 0 Å². The molecule has 1 aliphatic carbocycles. The lowest BCUT2D eigenvalue weighted by molar-refractivity contribution is 0.0864. The molecule has 0 atom stereocenters. The van der Waals surface area contributed by atoms with E-state index in [0.29, 0.717) is 25.8 Å². The fraction of sp³-hybridized carbons (Fsp3) is 0.615. The van der Waals surface area contributed by atoms with E-state index in [1.165, 1.54) is 12.8 Å². The number of hydrogen-bond acceptors (Lipinski definition) is 3. The number of ether oxygens (including phenoxy) is 1. The highest BCUT2D eigenvalue weighted by molar-refractivity contribution is 5.92. The Morgan fingerprint density at radius 1 is 1.50 bits per heavy atom. The van der Waals surface area contributed by atoms with Gasteiger partial charge in [0.2, 0.25) is 0 Å². The Labute approximate surface area is 107 Å². The fourth-order valence-corrected chi connectivity index (χ4v) is 1.89. The predicted octanol–water partition coefficient (Wildman–Crippen LogP) is 0.952. The molecule has 5 nitrogen and oxygen atoms in total. The number of nitrogens with one attached hydrogen (secondary N) is 1. The zero-order chi connectivity index (χ0) is 12.8. The van der Waals surface area contributed by atoms with Crippen molar-refractivity contribution in [3.05, 3.63) is 24.0 Å². The lowest BCUT2D eigenvalue weighted by atomic mass is 10.3. The SMILES string of the molecule is O=C(NCCCOCCO)c1cccn1C1CC1. The first-order valence-corrected chi connectivity index (χ1v) is 6.46. The van der Waals surface area contributed by atoms with E-state index in [0.717, 1.165) is 12.1 Å². The van der Waals surface area contributed by atoms with Gasteiger partial charge >= 0.3 is 0 Å². The Bertz CT molecular complexity index is 385. The van der Waals surface area contributed by atoms with Crippen molar-refractivity contribution in [3.8, 4) is 0 Å². The normalized spacial score (nSPS) is 14.7. The summed E-state index contributed by atoms with van der Waals surface area (Å²) >= 11 is 0. The largest absolute Gasteiger partial charge is 0.394 e. The number of carbonyl (C=O) groups is 1. The van der Waals surface area contributed by atoms with Crippen LogP contribution in [0.4, 0.5) is 0 Å². The Kier molecular flexibility index (Phi) is 4.78. The van der Waals surface area contributed by atoms with E-state index in [-0.39, 0.29) is 12.5 Å². The number of carbonyl (C=O) groups excluding carboxylic acids is 1. The predicted molar refractivity (Wildman–Crippen MR) is 67.6 cm³/mol. The first-order chi connectivity index (χ1) is 8.83. The molecular formula is C13H20N2O3. The van der Waals surface area contributed by atoms with E-state index in [1.54, 1.807) is 0 Å². The van der Waals surface area contributed by atoms with Gasteiger partial charge in [-0.2, -0.15) is 0 Å². The Morgan fingerprint density at radius 3 is 3.06 bits per heavy atom. The van der Waals surface area contributed by atoms with E-state index in [9.17, 15) is 4.79 Å². The van der Waals surface area contributed by atoms with Crippen molar-refractivity contribution < 1.29 is 14.6 Å². The third-order valence-electron chi connectivity index (χ3n) is 2.94. The van der Waals surface area contributed by atoms with Crippen LogP contribution in [-0.2, 0) is 4.74 Å². The molecule has 1 amide bonds. The zero-order valence-corrected chi connectivity index (χ0v) is 10.5. The summed E-state index contributed by atoms with van der Waals surface area (Å²) in [4.78, 5) is 11.9. The Morgan fingerprint density at radius 2 is 2.33 bits per heavy atom. The first kappa shape index (κ1) is 13.1. The van der Waals surface area contributed by atoms with Gasteiger partial charge in [-0.05, 0) is 31.4 Å². The number of aromatic nitrogens is 1. The van der Waals surface area contributed by atoms with Gasteiger partial charge in [0.25, 0.3) is 5.91 Å². The topological polar surface area (TPSA) is 63.5 Å². The molecule has 0 saturated heterocycles. The molecule has 0 unspecified atom stereocenters. The van der Waals surface area contributed by atoms with E-state index in [2.05, 4.69) is 9.88 Å². The number of nitrogens with zero attached hydrogens (tertiary/aromatic N) is 1. The van der Waals surface area contributed by atoms with Crippen molar-refractivity contribution in [2.75, 3.05) is 26.4 Å². The first-order valence-electron chi connectivity index (χ1n) is 6.46. The van der Waals surface area contributed by atoms with Crippen molar-refractivity contribution in [2.24, 2.45) is 0 Å². The highest BCUT2D eigenvalue weighted by atomic mass is 16.5. The molecule has 1 fully saturated rings. The molecule has 1 saturated carbocycles. The number of aliphatic hydroxyl groups is 1. The summed E-state index contributed by atoms with van der Waals surface area (Å²) in [6.07, 6.45) is 5.07. The van der Waals surface area contributed by atoms with Gasteiger partial charge in [0, 0.05) is 25.4 Å². The third-order valence-corrected chi connectivity index (χ3v) is 2.94. The van der Waals surface area contributed by atoms with Crippen LogP contribution in [0.2, 0.25) is 0 Å². The van der Waals surface area contributed by atoms with Gasteiger partial charge in [0.05, 0.1) is 13.2 Å². The molecule has 0 aromatic carbocycles. The van der Waals surface area contributed by atoms with Crippen LogP contribution in [0, 0.1) is 0 Å². The maximum Gasteiger partial charge on any atom is 0.267 e. The third kappa shape index (κ3) is 3.58. The molecule has 1 aromatic rings. The Balaban J connectivity index is 1.69. The highest BCUT2D eigenvalue weighted by Crippen LogP contribution is 2.35. The van der Waals surface area contributed by atoms with Crippen LogP contribution in [0.5, 0.6) is 0 Å². The fourth-order valence-electron chi connectivity index (χ4n) is 1.89. The molecular weight excluding hydrogens is 232 g/mol. The van der Waals surface area contributed by atoms with Gasteiger partial charge in [0.15, 0.2) is 0 Å². The maximum atomic E-state index is 11.9. The zero-order valence-electron chi connectivity index (χ0n) is 10.5. The molecule has 0 spiro atoms. The molecule has 1 aromatic heterocycles. The second kappa shape index (κ2) is 6.56. The number of amides is 1. The summed E-state index contributed by atoms with van der Waals surface area (Å²) in [5.74, 6) is -0.0194. The van der Waals surface area contributed by atoms with Gasteiger partial charge in [-0.15, -0.1) is 0 Å². The summed E-state index contributed by atoms with van der Waals surface area (Å²) in [6.45, 7) is 1.56. The van der Waals surface area contributed by atoms with Crippen LogP contribution in [0.3, 0.4) is 0 Å². The second-order valence-electron chi connectivity index (χ2n) is 4.48. The maximum absolute atomic E-state index is 11.9. The summed E-state index contributed by atoms with van der Waals surface area (Å²) in [5, 5.41) is 11.4. The lowest BCUT2D eigenvalue weighted by Crippen LogP contribution is -2.27. The van der Waals surface area contributed by atoms with Gasteiger partial charge in [-0.1, -0.05) is 0 Å². The summed E-state index contributed by atoms with van der Waals surface area (Å²) in [6, 6.07) is 4.29. The van der Waals surface area contributed by atoms with Crippen LogP contribution in [0.25, 0.3) is 0 Å². The molecule has 0 bridgehead atoms. The van der Waals surface area contributed by atoms with Crippen LogP contribution in [-0.4, -0.2) is 41.9 Å². The van der Waals surface area contributed by atoms with E-state index in [1.807, 2.05) is 18.3 Å². The lowest BCUT2D eigenvalue weighted by Gasteiger charge is -2.08. The van der Waals surface area contributed by atoms with Gasteiger partial charge < -0.3 is 19.7 Å². The van der Waals surface area contributed by atoms with E-state index in [4.69, 9.17) is 9.84 Å². The molecule has 1 heterocycles. The van der Waals surface area contributed by atoms with Crippen LogP contribution in [0.1, 0.15) is 35.8 Å². The van der Waals surface area contributed by atoms with Crippen molar-refractivity contribution in [1.29, 1.82) is 0 Å². The molecule has 0 radical (unpaired) electrons. The minimum atomic E-state index is -0.0194. The van der Waals surface area contributed by atoms with Crippen LogP contribution < -0.4 is 5.32 Å². The number of rotatable bonds is 8. The molecule has 0 aliphatic heterocycles. The molecule has 5 heteroatoms. The Hall–Kier alpha value is -1.33. The minimum absolute atomic E-state index is 0.0194. The number of aliphatic hydroxyl groups excluding tert-OH is 1. The number of hydrogen-bond donors (Lipinski definition) is 2. The molecule has 1 aliphatic rings. The van der Waals surface area contributed by atoms with Gasteiger partial charge in [-0.25, -0.2) is 0 Å². The molecule has 2 rings (SSSR count). The van der Waals surface area contributed by atoms with Crippen molar-refractivity contribution >= 4 is 5.91 Å². The van der Waals surface area contributed by atoms with E-state index < -0.39 is 0 Å². The smallest absolute Gasteiger partial charge is 0.267 e. The van der Waals surface area contributed by atoms with Gasteiger partial charge in [0.1, 0.15) is 5.69 Å². The van der Waals surface area contributed by atoms with Crippen molar-refractivity contribution in [2.45, 2.75) is 25.3 Å². The van der Waals surface area contributed by atoms with Crippen molar-refractivity contribution in [3.63, 3.8) is 0 Å². The quantitative estimate of drug-likeness (QED) is 0.677. The summed E-state index contributed by atoms with van der Waals surface area (Å²) in [5.41, 5.74) is 0.744. The second-order valence-corrected chi connectivity index (χ2v) is 4.48. The molecule has 2 N–H and O–H groups in total. The van der Waals surface area contributed by atoms with Crippen LogP contribution in [0.15, 0.2) is 18.3 Å². The highest BCUT2D eigenvalue weighted by Gasteiger charge is 2.26.